The second kappa shape index (κ2) is 3.63. The van der Waals surface area contributed by atoms with Crippen LogP contribution in [-0.2, 0) is 4.79 Å². The van der Waals surface area contributed by atoms with Crippen LogP contribution in [0.15, 0.2) is 11.1 Å². The maximum atomic E-state index is 11.9. The van der Waals surface area contributed by atoms with Crippen molar-refractivity contribution >= 4 is 5.91 Å². The molecule has 1 amide bonds. The van der Waals surface area contributed by atoms with Gasteiger partial charge < -0.3 is 10.6 Å². The molecule has 0 bridgehead atoms. The summed E-state index contributed by atoms with van der Waals surface area (Å²) in [5, 5.41) is 6.30. The summed E-state index contributed by atoms with van der Waals surface area (Å²) in [6, 6.07) is 0. The first-order valence-electron chi connectivity index (χ1n) is 5.72. The Morgan fingerprint density at radius 2 is 2.00 bits per heavy atom. The average Bonchev–Trinajstić information content (AvgIpc) is 2.81. The van der Waals surface area contributed by atoms with E-state index in [2.05, 4.69) is 24.5 Å². The molecule has 0 aromatic carbocycles. The Bertz CT molecular complexity index is 308. The molecule has 0 radical (unpaired) electrons. The summed E-state index contributed by atoms with van der Waals surface area (Å²) in [5.41, 5.74) is 2.12. The van der Waals surface area contributed by atoms with Gasteiger partial charge in [0.25, 0.3) is 0 Å². The number of rotatable bonds is 3. The maximum absolute atomic E-state index is 11.9. The molecule has 84 valence electrons. The Morgan fingerprint density at radius 3 is 2.40 bits per heavy atom. The van der Waals surface area contributed by atoms with Gasteiger partial charge in [-0.1, -0.05) is 0 Å². The molecule has 0 spiro atoms. The molecule has 3 heteroatoms. The highest BCUT2D eigenvalue weighted by atomic mass is 16.1. The van der Waals surface area contributed by atoms with Crippen molar-refractivity contribution in [1.29, 1.82) is 0 Å². The van der Waals surface area contributed by atoms with Crippen molar-refractivity contribution in [2.75, 3.05) is 13.1 Å². The molecular formula is C12H20N2O. The van der Waals surface area contributed by atoms with Gasteiger partial charge in [0, 0.05) is 24.2 Å². The Hall–Kier alpha value is -0.830. The second-order valence-corrected chi connectivity index (χ2v) is 5.28. The fraction of sp³-hybridized carbons (Fsp3) is 0.750. The molecule has 0 aromatic rings. The van der Waals surface area contributed by atoms with Crippen molar-refractivity contribution < 1.29 is 4.79 Å². The third-order valence-electron chi connectivity index (χ3n) is 3.58. The van der Waals surface area contributed by atoms with Gasteiger partial charge in [0.2, 0.25) is 5.91 Å². The van der Waals surface area contributed by atoms with Crippen molar-refractivity contribution in [1.82, 2.24) is 10.6 Å². The van der Waals surface area contributed by atoms with Crippen molar-refractivity contribution in [2.24, 2.45) is 5.92 Å². The van der Waals surface area contributed by atoms with E-state index < -0.39 is 0 Å². The minimum absolute atomic E-state index is 0.0317. The summed E-state index contributed by atoms with van der Waals surface area (Å²) in [4.78, 5) is 11.9. The van der Waals surface area contributed by atoms with Crippen LogP contribution in [0.2, 0.25) is 0 Å². The van der Waals surface area contributed by atoms with Gasteiger partial charge in [-0.3, -0.25) is 4.79 Å². The second-order valence-electron chi connectivity index (χ2n) is 5.28. The highest BCUT2D eigenvalue weighted by Crippen LogP contribution is 2.39. The molecule has 1 heterocycles. The molecule has 1 saturated carbocycles. The predicted octanol–water partition coefficient (Wildman–Crippen LogP) is 1.21. The van der Waals surface area contributed by atoms with Crippen LogP contribution >= 0.6 is 0 Å². The molecule has 3 nitrogen and oxygen atoms in total. The van der Waals surface area contributed by atoms with Crippen molar-refractivity contribution in [2.45, 2.75) is 39.2 Å². The topological polar surface area (TPSA) is 41.1 Å². The van der Waals surface area contributed by atoms with Gasteiger partial charge >= 0.3 is 0 Å². The van der Waals surface area contributed by atoms with Crippen LogP contribution in [0.5, 0.6) is 0 Å². The van der Waals surface area contributed by atoms with Gasteiger partial charge in [-0.15, -0.1) is 0 Å². The molecule has 0 atom stereocenters. The lowest BCUT2D eigenvalue weighted by atomic mass is 9.97. The van der Waals surface area contributed by atoms with Gasteiger partial charge in [-0.05, 0) is 45.1 Å². The first-order valence-corrected chi connectivity index (χ1v) is 5.72. The predicted molar refractivity (Wildman–Crippen MR) is 60.5 cm³/mol. The van der Waals surface area contributed by atoms with E-state index in [0.29, 0.717) is 5.92 Å². The summed E-state index contributed by atoms with van der Waals surface area (Å²) < 4.78 is 0. The molecule has 1 saturated heterocycles. The molecule has 1 aliphatic carbocycles. The van der Waals surface area contributed by atoms with Crippen LogP contribution in [0.3, 0.4) is 0 Å². The summed E-state index contributed by atoms with van der Waals surface area (Å²) in [7, 11) is 0. The smallest absolute Gasteiger partial charge is 0.247 e. The van der Waals surface area contributed by atoms with Gasteiger partial charge in [0.15, 0.2) is 0 Å². The number of carbonyl (C=O) groups is 1. The van der Waals surface area contributed by atoms with E-state index in [-0.39, 0.29) is 11.4 Å². The minimum Gasteiger partial charge on any atom is -0.347 e. The monoisotopic (exact) mass is 208 g/mol. The molecule has 15 heavy (non-hydrogen) atoms. The van der Waals surface area contributed by atoms with Crippen LogP contribution in [0, 0.1) is 5.92 Å². The van der Waals surface area contributed by atoms with Crippen LogP contribution in [0.4, 0.5) is 0 Å². The Labute approximate surface area is 91.3 Å². The number of hydrogen-bond donors (Lipinski definition) is 2. The highest BCUT2D eigenvalue weighted by molar-refractivity contribution is 5.94. The number of nitrogens with one attached hydrogen (secondary N) is 2. The fourth-order valence-corrected chi connectivity index (χ4v) is 1.97. The van der Waals surface area contributed by atoms with Crippen molar-refractivity contribution in [3.8, 4) is 0 Å². The van der Waals surface area contributed by atoms with E-state index >= 15 is 0 Å². The first-order chi connectivity index (χ1) is 7.00. The lowest BCUT2D eigenvalue weighted by Crippen LogP contribution is -2.47. The lowest BCUT2D eigenvalue weighted by Gasteiger charge is -2.28. The Kier molecular flexibility index (Phi) is 2.59. The van der Waals surface area contributed by atoms with Gasteiger partial charge in [0.1, 0.15) is 0 Å². The fourth-order valence-electron chi connectivity index (χ4n) is 1.97. The molecule has 2 N–H and O–H groups in total. The Balaban J connectivity index is 1.96. The van der Waals surface area contributed by atoms with E-state index in [1.54, 1.807) is 0 Å². The van der Waals surface area contributed by atoms with E-state index in [1.165, 1.54) is 18.4 Å². The van der Waals surface area contributed by atoms with Crippen LogP contribution in [0.25, 0.3) is 0 Å². The van der Waals surface area contributed by atoms with Crippen LogP contribution in [-0.4, -0.2) is 24.5 Å². The zero-order valence-electron chi connectivity index (χ0n) is 9.81. The average molecular weight is 208 g/mol. The standard InChI is InChI=1S/C12H20N2O/c1-8(9-6-13-7-9)11(15)14-12(2,3)10-4-5-10/h10,13H,4-7H2,1-3H3,(H,14,15). The van der Waals surface area contributed by atoms with E-state index in [9.17, 15) is 4.79 Å². The van der Waals surface area contributed by atoms with Gasteiger partial charge in [-0.25, -0.2) is 0 Å². The summed E-state index contributed by atoms with van der Waals surface area (Å²) in [6.45, 7) is 7.93. The number of amides is 1. The molecule has 2 aliphatic rings. The van der Waals surface area contributed by atoms with Crippen molar-refractivity contribution in [3.63, 3.8) is 0 Å². The highest BCUT2D eigenvalue weighted by Gasteiger charge is 2.39. The molecule has 2 rings (SSSR count). The summed E-state index contributed by atoms with van der Waals surface area (Å²) in [6.07, 6.45) is 2.51. The lowest BCUT2D eigenvalue weighted by molar-refractivity contribution is -0.119. The zero-order chi connectivity index (χ0) is 11.1. The molecule has 0 aromatic heterocycles. The van der Waals surface area contributed by atoms with Crippen LogP contribution in [0.1, 0.15) is 33.6 Å². The zero-order valence-corrected chi connectivity index (χ0v) is 9.81. The van der Waals surface area contributed by atoms with Crippen LogP contribution < -0.4 is 10.6 Å². The summed E-state index contributed by atoms with van der Waals surface area (Å²) in [5.74, 6) is 0.794. The minimum atomic E-state index is -0.0317. The number of hydrogen-bond acceptors (Lipinski definition) is 2. The molecule has 2 fully saturated rings. The SMILES string of the molecule is CC(C(=O)NC(C)(C)C1CC1)=C1CNC1. The van der Waals surface area contributed by atoms with Crippen molar-refractivity contribution in [3.05, 3.63) is 11.1 Å². The first kappa shape index (κ1) is 10.7. The van der Waals surface area contributed by atoms with E-state index in [4.69, 9.17) is 0 Å². The third kappa shape index (κ3) is 2.23. The third-order valence-corrected chi connectivity index (χ3v) is 3.58. The Morgan fingerprint density at radius 1 is 1.40 bits per heavy atom. The maximum Gasteiger partial charge on any atom is 0.247 e. The van der Waals surface area contributed by atoms with Gasteiger partial charge in [-0.2, -0.15) is 0 Å². The van der Waals surface area contributed by atoms with E-state index in [0.717, 1.165) is 18.7 Å². The molecule has 0 unspecified atom stereocenters. The molecular weight excluding hydrogens is 188 g/mol. The quantitative estimate of drug-likeness (QED) is 0.684. The summed E-state index contributed by atoms with van der Waals surface area (Å²) >= 11 is 0. The molecule has 1 aliphatic heterocycles. The van der Waals surface area contributed by atoms with Gasteiger partial charge in [0.05, 0.1) is 0 Å². The van der Waals surface area contributed by atoms with E-state index in [1.807, 2.05) is 6.92 Å². The normalized spacial score (nSPS) is 20.9. The number of carbonyl (C=O) groups excluding carboxylic acids is 1. The largest absolute Gasteiger partial charge is 0.347 e.